The number of nitrogens with zero attached hydrogens (tertiary/aromatic N) is 10. The third-order valence-electron chi connectivity index (χ3n) is 10.4. The van der Waals surface area contributed by atoms with Gasteiger partial charge in [-0.05, 0) is 48.5 Å². The van der Waals surface area contributed by atoms with Crippen molar-refractivity contribution < 1.29 is 38.2 Å². The first-order chi connectivity index (χ1) is 31.6. The Hall–Kier alpha value is -7.19. The number of halogens is 2. The van der Waals surface area contributed by atoms with Crippen LogP contribution in [0.4, 0.5) is 23.0 Å². The summed E-state index contributed by atoms with van der Waals surface area (Å²) in [5.74, 6) is 0.789. The maximum absolute atomic E-state index is 12.9. The monoisotopic (exact) mass is 944 g/mol. The average Bonchev–Trinajstić information content (AvgIpc) is 3.89. The number of carbonyl (C=O) groups excluding carboxylic acids is 5. The maximum Gasteiger partial charge on any atom is 0.310 e. The summed E-state index contributed by atoms with van der Waals surface area (Å²) in [5, 5.41) is 14.1. The van der Waals surface area contributed by atoms with Crippen LogP contribution in [0.2, 0.25) is 10.0 Å². The molecule has 0 atom stereocenters. The van der Waals surface area contributed by atoms with Crippen molar-refractivity contribution in [2.24, 2.45) is 0 Å². The number of carbonyl (C=O) groups is 5. The number of ether oxygens (including phenoxy) is 3. The molecule has 2 saturated heterocycles. The van der Waals surface area contributed by atoms with Gasteiger partial charge >= 0.3 is 11.9 Å². The number of aromatic nitrogens is 6. The summed E-state index contributed by atoms with van der Waals surface area (Å²) < 4.78 is 17.7. The molecule has 3 amide bonds. The molecule has 0 spiro atoms. The molecule has 0 saturated carbocycles. The summed E-state index contributed by atoms with van der Waals surface area (Å²) in [6.45, 7) is 9.41. The number of methoxy groups -OCH3 is 2. The van der Waals surface area contributed by atoms with Gasteiger partial charge in [0, 0.05) is 107 Å². The molecule has 2 aliphatic heterocycles. The zero-order valence-corrected chi connectivity index (χ0v) is 38.6. The fraction of sp³-hybridized carbons (Fsp3) is 0.341. The molecule has 2 aliphatic rings. The van der Waals surface area contributed by atoms with Crippen LogP contribution in [0, 0.1) is 0 Å². The minimum atomic E-state index is -0.562. The second kappa shape index (κ2) is 22.1. The highest BCUT2D eigenvalue weighted by molar-refractivity contribution is 6.32. The normalized spacial score (nSPS) is 13.6. The number of nitrogens with two attached hydrogens (primary N) is 1. The maximum atomic E-state index is 12.9. The Kier molecular flexibility index (Phi) is 16.2. The number of nitrogens with one attached hydrogen (secondary N) is 1. The zero-order valence-electron chi connectivity index (χ0n) is 37.1. The quantitative estimate of drug-likeness (QED) is 0.150. The lowest BCUT2D eigenvalue weighted by Crippen LogP contribution is -2.49. The van der Waals surface area contributed by atoms with Gasteiger partial charge in [0.15, 0.2) is 11.3 Å². The van der Waals surface area contributed by atoms with E-state index in [-0.39, 0.29) is 30.8 Å². The van der Waals surface area contributed by atoms with Crippen molar-refractivity contribution in [2.75, 3.05) is 87.4 Å². The molecule has 3 N–H and O–H groups in total. The molecular formula is C44H50Cl2N12O8. The molecule has 2 aromatic carbocycles. The van der Waals surface area contributed by atoms with Crippen LogP contribution < -0.4 is 30.3 Å². The number of esters is 2. The molecular weight excluding hydrogens is 895 g/mol. The van der Waals surface area contributed by atoms with E-state index < -0.39 is 11.9 Å². The Labute approximate surface area is 390 Å². The van der Waals surface area contributed by atoms with E-state index in [2.05, 4.69) is 40.0 Å². The summed E-state index contributed by atoms with van der Waals surface area (Å²) in [6, 6.07) is 18.5. The Balaban J connectivity index is 0.000000192. The third kappa shape index (κ3) is 12.5. The Morgan fingerprint density at radius 2 is 1.06 bits per heavy atom. The molecule has 4 aromatic heterocycles. The molecule has 20 nitrogen and oxygen atoms in total. The van der Waals surface area contributed by atoms with Gasteiger partial charge in [-0.1, -0.05) is 23.2 Å². The SMILES string of the molecule is CC(=O)OC(C)=O.COc1cc(N2CCN(C(=O)Cn3ncc4ccc(N)nc43)CC2)ccc1Cl.COc1cc(N2CCN(C(=O)Cn3ncc4ccc(NC(C)=O)nc43)CC2)ccc1Cl. The minimum Gasteiger partial charge on any atom is -0.495 e. The zero-order chi connectivity index (χ0) is 47.5. The Bertz CT molecular complexity index is 2700. The molecule has 0 radical (unpaired) electrons. The highest BCUT2D eigenvalue weighted by Gasteiger charge is 2.25. The van der Waals surface area contributed by atoms with Gasteiger partial charge in [-0.25, -0.2) is 19.3 Å². The lowest BCUT2D eigenvalue weighted by Gasteiger charge is -2.36. The number of anilines is 4. The number of piperazine rings is 2. The van der Waals surface area contributed by atoms with Gasteiger partial charge in [0.1, 0.15) is 36.2 Å². The molecule has 8 rings (SSSR count). The molecule has 0 unspecified atom stereocenters. The van der Waals surface area contributed by atoms with Crippen molar-refractivity contribution in [1.29, 1.82) is 0 Å². The van der Waals surface area contributed by atoms with Gasteiger partial charge < -0.3 is 44.9 Å². The summed E-state index contributed by atoms with van der Waals surface area (Å²) in [4.78, 5) is 73.3. The smallest absolute Gasteiger partial charge is 0.310 e. The molecule has 22 heteroatoms. The van der Waals surface area contributed by atoms with Gasteiger partial charge in [0.2, 0.25) is 17.7 Å². The van der Waals surface area contributed by atoms with Gasteiger partial charge in [0.25, 0.3) is 0 Å². The van der Waals surface area contributed by atoms with Crippen molar-refractivity contribution in [3.8, 4) is 11.5 Å². The molecule has 0 aliphatic carbocycles. The van der Waals surface area contributed by atoms with Crippen LogP contribution in [0.3, 0.4) is 0 Å². The summed E-state index contributed by atoms with van der Waals surface area (Å²) in [7, 11) is 3.19. The number of nitrogen functional groups attached to an aromatic ring is 1. The lowest BCUT2D eigenvalue weighted by atomic mass is 10.2. The van der Waals surface area contributed by atoms with Crippen LogP contribution in [0.25, 0.3) is 22.1 Å². The fourth-order valence-electron chi connectivity index (χ4n) is 7.18. The van der Waals surface area contributed by atoms with E-state index in [1.807, 2.05) is 58.3 Å². The summed E-state index contributed by atoms with van der Waals surface area (Å²) >= 11 is 12.2. The number of benzene rings is 2. The van der Waals surface area contributed by atoms with Crippen LogP contribution in [0.15, 0.2) is 73.1 Å². The van der Waals surface area contributed by atoms with Gasteiger partial charge in [-0.2, -0.15) is 10.2 Å². The standard InChI is InChI=1S/C21H23ClN6O3.C19H21ClN6O2.C4H6O3/c1-14(29)24-19-6-3-15-12-23-28(21(15)25-19)13-20(30)27-9-7-26(8-10-27)16-4-5-17(22)18(11-16)31-2;1-28-16-10-14(3-4-15(16)20)24-6-8-25(9-7-24)18(27)12-26-19-13(11-22-26)2-5-17(21)23-19;1-3(5)7-4(2)6/h3-6,11-12H,7-10,13H2,1-2H3,(H,24,25,29);2-5,10-11H,6-9,12H2,1H3,(H2,21,23);1-2H3. The van der Waals surface area contributed by atoms with Crippen molar-refractivity contribution in [3.63, 3.8) is 0 Å². The second-order valence-electron chi connectivity index (χ2n) is 15.0. The molecule has 348 valence electrons. The Morgan fingerprint density at radius 1 is 0.621 bits per heavy atom. The van der Waals surface area contributed by atoms with E-state index >= 15 is 0 Å². The third-order valence-corrected chi connectivity index (χ3v) is 11.0. The molecule has 6 aromatic rings. The van der Waals surface area contributed by atoms with E-state index in [1.165, 1.54) is 20.8 Å². The number of fused-ring (bicyclic) bond motifs is 2. The van der Waals surface area contributed by atoms with E-state index in [1.54, 1.807) is 48.1 Å². The van der Waals surface area contributed by atoms with Crippen LogP contribution >= 0.6 is 23.2 Å². The fourth-order valence-corrected chi connectivity index (χ4v) is 7.57. The predicted molar refractivity (Wildman–Crippen MR) is 250 cm³/mol. The van der Waals surface area contributed by atoms with Crippen molar-refractivity contribution in [1.82, 2.24) is 39.3 Å². The molecule has 0 bridgehead atoms. The molecule has 66 heavy (non-hydrogen) atoms. The topological polar surface area (TPSA) is 225 Å². The first-order valence-corrected chi connectivity index (χ1v) is 21.5. The number of rotatable bonds is 9. The largest absolute Gasteiger partial charge is 0.495 e. The van der Waals surface area contributed by atoms with Crippen molar-refractivity contribution >= 4 is 97.9 Å². The van der Waals surface area contributed by atoms with E-state index in [0.29, 0.717) is 83.7 Å². The van der Waals surface area contributed by atoms with Crippen LogP contribution in [-0.2, 0) is 41.8 Å². The van der Waals surface area contributed by atoms with Crippen LogP contribution in [0.1, 0.15) is 20.8 Å². The molecule has 2 fully saturated rings. The van der Waals surface area contributed by atoms with Crippen LogP contribution in [-0.4, -0.2) is 136 Å². The van der Waals surface area contributed by atoms with Crippen LogP contribution in [0.5, 0.6) is 11.5 Å². The van der Waals surface area contributed by atoms with E-state index in [0.717, 1.165) is 35.2 Å². The molecule has 6 heterocycles. The average molecular weight is 946 g/mol. The van der Waals surface area contributed by atoms with Crippen molar-refractivity contribution in [2.45, 2.75) is 33.9 Å². The lowest BCUT2D eigenvalue weighted by molar-refractivity contribution is -0.156. The summed E-state index contributed by atoms with van der Waals surface area (Å²) in [5.41, 5.74) is 8.99. The number of hydrogen-bond acceptors (Lipinski definition) is 15. The predicted octanol–water partition coefficient (Wildman–Crippen LogP) is 4.52. The number of amides is 3. The Morgan fingerprint density at radius 3 is 1.47 bits per heavy atom. The van der Waals surface area contributed by atoms with E-state index in [9.17, 15) is 24.0 Å². The van der Waals surface area contributed by atoms with Gasteiger partial charge in [-0.3, -0.25) is 24.0 Å². The van der Waals surface area contributed by atoms with Gasteiger partial charge in [-0.15, -0.1) is 0 Å². The number of pyridine rings is 2. The van der Waals surface area contributed by atoms with Crippen molar-refractivity contribution in [3.05, 3.63) is 83.1 Å². The highest BCUT2D eigenvalue weighted by Crippen LogP contribution is 2.31. The number of hydrogen-bond donors (Lipinski definition) is 2. The first kappa shape index (κ1) is 48.3. The van der Waals surface area contributed by atoms with Gasteiger partial charge in [0.05, 0.1) is 36.7 Å². The summed E-state index contributed by atoms with van der Waals surface area (Å²) in [6.07, 6.45) is 3.36. The van der Waals surface area contributed by atoms with E-state index in [4.69, 9.17) is 38.4 Å². The second-order valence-corrected chi connectivity index (χ2v) is 15.8. The minimum absolute atomic E-state index is 0.0163. The highest BCUT2D eigenvalue weighted by atomic mass is 35.5. The first-order valence-electron chi connectivity index (χ1n) is 20.7.